The Labute approximate surface area is 174 Å². The maximum absolute atomic E-state index is 12.4. The van der Waals surface area contributed by atoms with Crippen molar-refractivity contribution in [1.82, 2.24) is 14.8 Å². The summed E-state index contributed by atoms with van der Waals surface area (Å²) in [6, 6.07) is 13.7. The number of thioether (sulfide) groups is 1. The summed E-state index contributed by atoms with van der Waals surface area (Å²) in [6.45, 7) is 6.78. The molecule has 5 nitrogen and oxygen atoms in total. The molecule has 0 aliphatic rings. The first kappa shape index (κ1) is 20.4. The number of hydrogen-bond donors (Lipinski definition) is 1. The lowest BCUT2D eigenvalue weighted by Crippen LogP contribution is -2.16. The van der Waals surface area contributed by atoms with Gasteiger partial charge in [0, 0.05) is 23.7 Å². The number of nitrogens with zero attached hydrogens (tertiary/aromatic N) is 3. The number of halogens is 1. The van der Waals surface area contributed by atoms with Gasteiger partial charge in [0.05, 0.1) is 5.75 Å². The Balaban J connectivity index is 1.65. The normalized spacial score (nSPS) is 10.9. The molecule has 0 spiro atoms. The number of aromatic nitrogens is 3. The van der Waals surface area contributed by atoms with Crippen molar-refractivity contribution in [1.29, 1.82) is 0 Å². The summed E-state index contributed by atoms with van der Waals surface area (Å²) in [5.41, 5.74) is 4.12. The van der Waals surface area contributed by atoms with Crippen molar-refractivity contribution >= 4 is 35.0 Å². The molecule has 1 amide bonds. The van der Waals surface area contributed by atoms with Crippen LogP contribution in [0, 0.1) is 13.8 Å². The molecule has 0 aliphatic carbocycles. The molecule has 0 saturated heterocycles. The van der Waals surface area contributed by atoms with E-state index in [1.807, 2.05) is 60.9 Å². The van der Waals surface area contributed by atoms with E-state index in [1.54, 1.807) is 0 Å². The quantitative estimate of drug-likeness (QED) is 0.559. The van der Waals surface area contributed by atoms with Gasteiger partial charge in [-0.2, -0.15) is 0 Å². The van der Waals surface area contributed by atoms with Crippen molar-refractivity contribution in [3.8, 4) is 0 Å². The average molecular weight is 415 g/mol. The largest absolute Gasteiger partial charge is 0.325 e. The van der Waals surface area contributed by atoms with E-state index >= 15 is 0 Å². The third kappa shape index (κ3) is 4.94. The number of anilines is 1. The van der Waals surface area contributed by atoms with Gasteiger partial charge in [-0.15, -0.1) is 10.2 Å². The molecule has 0 fully saturated rings. The first-order valence-electron chi connectivity index (χ1n) is 9.13. The second-order valence-corrected chi connectivity index (χ2v) is 7.93. The third-order valence-electron chi connectivity index (χ3n) is 4.46. The average Bonchev–Trinajstić information content (AvgIpc) is 3.06. The first-order chi connectivity index (χ1) is 13.5. The minimum Gasteiger partial charge on any atom is -0.325 e. The fourth-order valence-corrected chi connectivity index (χ4v) is 3.92. The molecule has 1 heterocycles. The molecule has 0 saturated carbocycles. The van der Waals surface area contributed by atoms with E-state index in [1.165, 1.54) is 11.8 Å². The topological polar surface area (TPSA) is 59.8 Å². The number of hydrogen-bond acceptors (Lipinski definition) is 4. The van der Waals surface area contributed by atoms with E-state index in [0.717, 1.165) is 39.9 Å². The predicted molar refractivity (Wildman–Crippen MR) is 115 cm³/mol. The molecule has 7 heteroatoms. The number of benzene rings is 2. The van der Waals surface area contributed by atoms with E-state index in [0.29, 0.717) is 11.4 Å². The van der Waals surface area contributed by atoms with Crippen molar-refractivity contribution in [3.63, 3.8) is 0 Å². The monoisotopic (exact) mass is 414 g/mol. The van der Waals surface area contributed by atoms with E-state index in [-0.39, 0.29) is 11.7 Å². The molecular weight excluding hydrogens is 392 g/mol. The van der Waals surface area contributed by atoms with Crippen molar-refractivity contribution in [2.75, 3.05) is 11.1 Å². The molecule has 1 N–H and O–H groups in total. The SMILES string of the molecule is CCn1c(Cc2ccc(Cl)cc2)nnc1SCC(=O)Nc1c(C)cccc1C. The van der Waals surface area contributed by atoms with Crippen LogP contribution in [0.25, 0.3) is 0 Å². The molecule has 146 valence electrons. The summed E-state index contributed by atoms with van der Waals surface area (Å²) >= 11 is 7.35. The summed E-state index contributed by atoms with van der Waals surface area (Å²) in [6.07, 6.45) is 0.674. The smallest absolute Gasteiger partial charge is 0.234 e. The fraction of sp³-hybridized carbons (Fsp3) is 0.286. The lowest BCUT2D eigenvalue weighted by atomic mass is 10.1. The Morgan fingerprint density at radius 2 is 1.79 bits per heavy atom. The maximum Gasteiger partial charge on any atom is 0.234 e. The summed E-state index contributed by atoms with van der Waals surface area (Å²) < 4.78 is 2.05. The van der Waals surface area contributed by atoms with Gasteiger partial charge in [0.2, 0.25) is 5.91 Å². The highest BCUT2D eigenvalue weighted by Crippen LogP contribution is 2.22. The van der Waals surface area contributed by atoms with Crippen LogP contribution in [0.3, 0.4) is 0 Å². The van der Waals surface area contributed by atoms with Gasteiger partial charge in [0.15, 0.2) is 5.16 Å². The Hall–Kier alpha value is -2.31. The van der Waals surface area contributed by atoms with Gasteiger partial charge in [0.1, 0.15) is 5.82 Å². The molecule has 0 atom stereocenters. The zero-order chi connectivity index (χ0) is 20.1. The van der Waals surface area contributed by atoms with Crippen LogP contribution in [0.1, 0.15) is 29.4 Å². The summed E-state index contributed by atoms with van der Waals surface area (Å²) in [7, 11) is 0. The van der Waals surface area contributed by atoms with Crippen LogP contribution in [0.15, 0.2) is 47.6 Å². The molecule has 3 aromatic rings. The van der Waals surface area contributed by atoms with Gasteiger partial charge < -0.3 is 9.88 Å². The molecule has 0 bridgehead atoms. The molecule has 0 unspecified atom stereocenters. The van der Waals surface area contributed by atoms with Crippen molar-refractivity contribution < 1.29 is 4.79 Å². The Morgan fingerprint density at radius 3 is 2.43 bits per heavy atom. The number of para-hydroxylation sites is 1. The second-order valence-electron chi connectivity index (χ2n) is 6.55. The summed E-state index contributed by atoms with van der Waals surface area (Å²) in [4.78, 5) is 12.4. The minimum absolute atomic E-state index is 0.0488. The van der Waals surface area contributed by atoms with Gasteiger partial charge in [-0.1, -0.05) is 53.7 Å². The number of carbonyl (C=O) groups excluding carboxylic acids is 1. The molecule has 1 aromatic heterocycles. The second kappa shape index (κ2) is 9.26. The van der Waals surface area contributed by atoms with Crippen molar-refractivity contribution in [2.24, 2.45) is 0 Å². The number of aryl methyl sites for hydroxylation is 2. The number of carbonyl (C=O) groups is 1. The van der Waals surface area contributed by atoms with Crippen molar-refractivity contribution in [2.45, 2.75) is 38.9 Å². The molecule has 0 radical (unpaired) electrons. The predicted octanol–water partition coefficient (Wildman–Crippen LogP) is 4.89. The molecule has 0 aliphatic heterocycles. The van der Waals surface area contributed by atoms with Crippen LogP contribution < -0.4 is 5.32 Å². The van der Waals surface area contributed by atoms with Gasteiger partial charge in [0.25, 0.3) is 0 Å². The number of amides is 1. The summed E-state index contributed by atoms with van der Waals surface area (Å²) in [5, 5.41) is 13.1. The standard InChI is InChI=1S/C21H23ClN4OS/c1-4-26-18(12-16-8-10-17(22)11-9-16)24-25-21(26)28-13-19(27)23-20-14(2)6-5-7-15(20)3/h5-11H,4,12-13H2,1-3H3,(H,23,27). The molecular formula is C21H23ClN4OS. The Morgan fingerprint density at radius 1 is 1.11 bits per heavy atom. The highest BCUT2D eigenvalue weighted by Gasteiger charge is 2.14. The van der Waals surface area contributed by atoms with Gasteiger partial charge in [-0.05, 0) is 49.6 Å². The lowest BCUT2D eigenvalue weighted by molar-refractivity contribution is -0.113. The van der Waals surface area contributed by atoms with Crippen LogP contribution >= 0.6 is 23.4 Å². The van der Waals surface area contributed by atoms with Crippen LogP contribution in [0.5, 0.6) is 0 Å². The zero-order valence-corrected chi connectivity index (χ0v) is 17.8. The molecule has 28 heavy (non-hydrogen) atoms. The number of nitrogens with one attached hydrogen (secondary N) is 1. The minimum atomic E-state index is -0.0488. The first-order valence-corrected chi connectivity index (χ1v) is 10.5. The van der Waals surface area contributed by atoms with E-state index < -0.39 is 0 Å². The lowest BCUT2D eigenvalue weighted by Gasteiger charge is -2.11. The van der Waals surface area contributed by atoms with Gasteiger partial charge in [-0.25, -0.2) is 0 Å². The van der Waals surface area contributed by atoms with Gasteiger partial charge >= 0.3 is 0 Å². The van der Waals surface area contributed by atoms with Crippen LogP contribution in [0.2, 0.25) is 5.02 Å². The summed E-state index contributed by atoms with van der Waals surface area (Å²) in [5.74, 6) is 1.11. The highest BCUT2D eigenvalue weighted by atomic mass is 35.5. The maximum atomic E-state index is 12.4. The molecule has 3 rings (SSSR count). The van der Waals surface area contributed by atoms with E-state index in [9.17, 15) is 4.79 Å². The van der Waals surface area contributed by atoms with E-state index in [2.05, 4.69) is 22.4 Å². The van der Waals surface area contributed by atoms with Crippen LogP contribution in [0.4, 0.5) is 5.69 Å². The molecule has 2 aromatic carbocycles. The number of rotatable bonds is 7. The zero-order valence-electron chi connectivity index (χ0n) is 16.2. The Kier molecular flexibility index (Phi) is 6.75. The Bertz CT molecular complexity index is 949. The van der Waals surface area contributed by atoms with E-state index in [4.69, 9.17) is 11.6 Å². The highest BCUT2D eigenvalue weighted by molar-refractivity contribution is 7.99. The van der Waals surface area contributed by atoms with Crippen LogP contribution in [-0.4, -0.2) is 26.4 Å². The van der Waals surface area contributed by atoms with Gasteiger partial charge in [-0.3, -0.25) is 4.79 Å². The van der Waals surface area contributed by atoms with Crippen LogP contribution in [-0.2, 0) is 17.8 Å². The fourth-order valence-electron chi connectivity index (χ4n) is 2.98. The third-order valence-corrected chi connectivity index (χ3v) is 5.68. The van der Waals surface area contributed by atoms with Crippen molar-refractivity contribution in [3.05, 3.63) is 70.0 Å².